The molecule has 5 heterocycles. The lowest BCUT2D eigenvalue weighted by molar-refractivity contribution is 0.590. The summed E-state index contributed by atoms with van der Waals surface area (Å²) < 4.78 is 11.1. The van der Waals surface area contributed by atoms with E-state index in [2.05, 4.69) is 210 Å². The first kappa shape index (κ1) is 38.4. The molecular weight excluding hydrogens is 822 g/mol. The zero-order valence-corrected chi connectivity index (χ0v) is 39.4. The Bertz CT molecular complexity index is 3930. The average molecular weight is 870 g/mol. The maximum absolute atomic E-state index is 7.34. The van der Waals surface area contributed by atoms with Crippen molar-refractivity contribution < 1.29 is 4.42 Å². The van der Waals surface area contributed by atoms with E-state index in [9.17, 15) is 0 Å². The van der Waals surface area contributed by atoms with Crippen LogP contribution in [0, 0.1) is 0 Å². The van der Waals surface area contributed by atoms with E-state index >= 15 is 0 Å². The summed E-state index contributed by atoms with van der Waals surface area (Å²) in [7, 11) is 0. The summed E-state index contributed by atoms with van der Waals surface area (Å²) in [5.74, 6) is 0. The van der Waals surface area contributed by atoms with Crippen LogP contribution >= 0.6 is 11.3 Å². The fraction of sp³-hybridized carbons (Fsp3) is 0.183. The molecule has 318 valence electrons. The van der Waals surface area contributed by atoms with Crippen molar-refractivity contribution in [1.29, 1.82) is 0 Å². The fourth-order valence-corrected chi connectivity index (χ4v) is 13.0. The van der Waals surface area contributed by atoms with Crippen molar-refractivity contribution in [3.63, 3.8) is 0 Å². The number of rotatable bonds is 2. The molecule has 0 N–H and O–H groups in total. The summed E-state index contributed by atoms with van der Waals surface area (Å²) in [6.45, 7) is 18.5. The van der Waals surface area contributed by atoms with Crippen LogP contribution in [0.25, 0.3) is 92.5 Å². The number of hydrogen-bond donors (Lipinski definition) is 0. The summed E-state index contributed by atoms with van der Waals surface area (Å²) in [4.78, 5) is 8.08. The van der Waals surface area contributed by atoms with Gasteiger partial charge in [-0.05, 0) is 110 Å². The second-order valence-corrected chi connectivity index (χ2v) is 22.6. The van der Waals surface area contributed by atoms with Crippen molar-refractivity contribution in [2.45, 2.75) is 71.6 Å². The molecule has 14 rings (SSSR count). The number of aromatic nitrogens is 2. The summed E-state index contributed by atoms with van der Waals surface area (Å²) in [6, 6.07) is 54.9. The molecule has 3 aliphatic rings. The molecule has 1 aliphatic carbocycles. The number of anilines is 2. The summed E-state index contributed by atoms with van der Waals surface area (Å²) in [5, 5.41) is 5.90. The molecule has 2 aliphatic heterocycles. The average Bonchev–Trinajstić information content (AvgIpc) is 4.05. The van der Waals surface area contributed by atoms with Crippen LogP contribution in [-0.4, -0.2) is 16.4 Å². The van der Waals surface area contributed by atoms with Gasteiger partial charge in [-0.3, -0.25) is 0 Å². The van der Waals surface area contributed by atoms with Crippen LogP contribution in [-0.2, 0) is 16.2 Å². The van der Waals surface area contributed by atoms with Crippen LogP contribution in [0.5, 0.6) is 0 Å². The molecule has 0 unspecified atom stereocenters. The molecule has 0 saturated heterocycles. The third kappa shape index (κ3) is 4.98. The van der Waals surface area contributed by atoms with Gasteiger partial charge in [0.15, 0.2) is 0 Å². The number of para-hydroxylation sites is 1. The van der Waals surface area contributed by atoms with Crippen molar-refractivity contribution >= 4 is 94.4 Å². The maximum Gasteiger partial charge on any atom is 0.333 e. The first-order chi connectivity index (χ1) is 31.8. The zero-order chi connectivity index (χ0) is 44.8. The van der Waals surface area contributed by atoms with Crippen molar-refractivity contribution in [1.82, 2.24) is 9.55 Å². The number of fused-ring (bicyclic) bond motifs is 17. The fourth-order valence-electron chi connectivity index (χ4n) is 12.0. The van der Waals surface area contributed by atoms with E-state index in [4.69, 9.17) is 9.40 Å². The molecule has 6 heteroatoms. The van der Waals surface area contributed by atoms with Crippen LogP contribution in [0.2, 0.25) is 0 Å². The lowest BCUT2D eigenvalue weighted by atomic mass is 9.43. The predicted octanol–water partition coefficient (Wildman–Crippen LogP) is 15.1. The second kappa shape index (κ2) is 12.7. The van der Waals surface area contributed by atoms with E-state index in [1.165, 1.54) is 98.7 Å². The van der Waals surface area contributed by atoms with Gasteiger partial charge in [-0.25, -0.2) is 4.98 Å². The first-order valence-corrected chi connectivity index (χ1v) is 24.2. The molecule has 0 atom stereocenters. The normalized spacial score (nSPS) is 14.7. The number of thiazole rings is 1. The number of nitrogens with zero attached hydrogens (tertiary/aromatic N) is 3. The van der Waals surface area contributed by atoms with E-state index in [1.807, 2.05) is 0 Å². The molecule has 0 amide bonds. The van der Waals surface area contributed by atoms with Crippen molar-refractivity contribution in [3.8, 4) is 38.5 Å². The Balaban J connectivity index is 1.20. The highest BCUT2D eigenvalue weighted by atomic mass is 32.1. The van der Waals surface area contributed by atoms with Crippen LogP contribution in [0.3, 0.4) is 0 Å². The second-order valence-electron chi connectivity index (χ2n) is 21.6. The minimum Gasteiger partial charge on any atom is -0.455 e. The van der Waals surface area contributed by atoms with Crippen molar-refractivity contribution in [2.75, 3.05) is 4.81 Å². The summed E-state index contributed by atoms with van der Waals surface area (Å²) in [5.41, 5.74) is 22.8. The van der Waals surface area contributed by atoms with Gasteiger partial charge in [-0.1, -0.05) is 146 Å². The Morgan fingerprint density at radius 2 is 1.35 bits per heavy atom. The predicted molar refractivity (Wildman–Crippen MR) is 281 cm³/mol. The van der Waals surface area contributed by atoms with E-state index in [0.29, 0.717) is 0 Å². The van der Waals surface area contributed by atoms with Crippen molar-refractivity contribution in [3.05, 3.63) is 168 Å². The number of furan rings is 1. The number of hydrogen-bond acceptors (Lipinski definition) is 4. The highest BCUT2D eigenvalue weighted by molar-refractivity contribution is 7.21. The smallest absolute Gasteiger partial charge is 0.333 e. The summed E-state index contributed by atoms with van der Waals surface area (Å²) in [6.07, 6.45) is 0. The molecule has 4 nitrogen and oxygen atoms in total. The van der Waals surface area contributed by atoms with E-state index in [-0.39, 0.29) is 23.1 Å². The molecule has 0 bridgehead atoms. The minimum atomic E-state index is -0.198. The summed E-state index contributed by atoms with van der Waals surface area (Å²) >= 11 is 1.78. The highest BCUT2D eigenvalue weighted by Gasteiger charge is 2.48. The molecule has 0 fully saturated rings. The van der Waals surface area contributed by atoms with Crippen LogP contribution in [0.15, 0.2) is 150 Å². The number of benzene rings is 8. The Hall–Kier alpha value is -6.89. The Kier molecular flexibility index (Phi) is 7.39. The molecule has 0 saturated carbocycles. The lowest BCUT2D eigenvalue weighted by Gasteiger charge is -2.42. The Labute approximate surface area is 389 Å². The van der Waals surface area contributed by atoms with Crippen LogP contribution in [0.4, 0.5) is 11.4 Å². The van der Waals surface area contributed by atoms with E-state index in [0.717, 1.165) is 38.3 Å². The molecule has 8 aromatic carbocycles. The highest BCUT2D eigenvalue weighted by Crippen LogP contribution is 2.56. The van der Waals surface area contributed by atoms with Gasteiger partial charge >= 0.3 is 6.85 Å². The molecule has 0 spiro atoms. The largest absolute Gasteiger partial charge is 0.455 e. The minimum absolute atomic E-state index is 0.0110. The monoisotopic (exact) mass is 869 g/mol. The van der Waals surface area contributed by atoms with Crippen molar-refractivity contribution in [2.24, 2.45) is 0 Å². The van der Waals surface area contributed by atoms with Gasteiger partial charge in [-0.2, -0.15) is 0 Å². The first-order valence-electron chi connectivity index (χ1n) is 23.4. The van der Waals surface area contributed by atoms with Gasteiger partial charge in [0.05, 0.1) is 21.3 Å². The maximum atomic E-state index is 7.34. The molecule has 3 aromatic heterocycles. The van der Waals surface area contributed by atoms with E-state index in [1.54, 1.807) is 11.3 Å². The van der Waals surface area contributed by atoms with Gasteiger partial charge in [-0.15, -0.1) is 11.3 Å². The SMILES string of the molecule is CC(C)(C)c1ccc(N2B3c4cc5nc(-c6ccccc6)sc5cc4-n4c5ccc(C(C)(C)C)cc5c5c6c(oc7ccccc76)c(c3c54)-c3cc4c(cc32)-c2ccccc2C4(C)C)cc1. The van der Waals surface area contributed by atoms with E-state index < -0.39 is 0 Å². The van der Waals surface area contributed by atoms with Crippen LogP contribution < -0.4 is 15.7 Å². The standard InChI is InChI=1S/C60H48BN3OS/c1-58(2,3)34-22-25-36(26-23-34)64-47-30-39-37-18-12-14-20-42(37)60(7,8)43(39)29-41(47)53-54-55-51(52-38-19-13-15-21-49(38)65-56(52)53)40-28-35(59(4,5)6)24-27-46(40)63(55)48-32-50-45(31-44(48)61(54)64)62-57(66-50)33-16-10-9-11-17-33/h9-32H,1-8H3. The topological polar surface area (TPSA) is 34.2 Å². The van der Waals surface area contributed by atoms with Gasteiger partial charge < -0.3 is 13.8 Å². The van der Waals surface area contributed by atoms with Gasteiger partial charge in [0.25, 0.3) is 0 Å². The molecule has 66 heavy (non-hydrogen) atoms. The van der Waals surface area contributed by atoms with Gasteiger partial charge in [0.2, 0.25) is 0 Å². The Morgan fingerprint density at radius 1 is 0.621 bits per heavy atom. The molecule has 0 radical (unpaired) electrons. The zero-order valence-electron chi connectivity index (χ0n) is 38.6. The third-order valence-electron chi connectivity index (χ3n) is 15.3. The Morgan fingerprint density at radius 3 is 2.14 bits per heavy atom. The molecular formula is C60H48BN3OS. The van der Waals surface area contributed by atoms with Crippen LogP contribution in [0.1, 0.15) is 77.6 Å². The third-order valence-corrected chi connectivity index (χ3v) is 16.4. The lowest BCUT2D eigenvalue weighted by Crippen LogP contribution is -2.60. The van der Waals surface area contributed by atoms with Gasteiger partial charge in [0, 0.05) is 60.7 Å². The quantitative estimate of drug-likeness (QED) is 0.162. The molecule has 11 aromatic rings. The van der Waals surface area contributed by atoms with Gasteiger partial charge in [0.1, 0.15) is 16.2 Å².